The molecule has 1 unspecified atom stereocenters. The predicted molar refractivity (Wildman–Crippen MR) is 68.2 cm³/mol. The van der Waals surface area contributed by atoms with Crippen molar-refractivity contribution in [3.8, 4) is 5.75 Å². The molecule has 0 N–H and O–H groups in total. The smallest absolute Gasteiger partial charge is 0.119 e. The first-order valence-corrected chi connectivity index (χ1v) is 6.48. The van der Waals surface area contributed by atoms with Gasteiger partial charge >= 0.3 is 0 Å². The van der Waals surface area contributed by atoms with Crippen molar-refractivity contribution in [2.75, 3.05) is 6.61 Å². The number of para-hydroxylation sites is 1. The topological polar surface area (TPSA) is 9.23 Å². The Morgan fingerprint density at radius 2 is 2.00 bits per heavy atom. The van der Waals surface area contributed by atoms with Gasteiger partial charge in [-0.15, -0.1) is 11.6 Å². The van der Waals surface area contributed by atoms with Crippen LogP contribution in [0.25, 0.3) is 0 Å². The van der Waals surface area contributed by atoms with E-state index in [4.69, 9.17) is 16.3 Å². The van der Waals surface area contributed by atoms with Crippen molar-refractivity contribution >= 4 is 11.6 Å². The van der Waals surface area contributed by atoms with Gasteiger partial charge in [-0.05, 0) is 50.2 Å². The molecule has 1 nitrogen and oxygen atoms in total. The maximum absolute atomic E-state index is 6.19. The average molecular weight is 239 g/mol. The van der Waals surface area contributed by atoms with E-state index in [1.807, 2.05) is 30.3 Å². The Bertz CT molecular complexity index is 317. The summed E-state index contributed by atoms with van der Waals surface area (Å²) in [7, 11) is 0. The van der Waals surface area contributed by atoms with Crippen molar-refractivity contribution in [3.63, 3.8) is 0 Å². The lowest BCUT2D eigenvalue weighted by atomic mass is 9.97. The van der Waals surface area contributed by atoms with Crippen LogP contribution in [-0.2, 0) is 0 Å². The summed E-state index contributed by atoms with van der Waals surface area (Å²) in [4.78, 5) is 0. The van der Waals surface area contributed by atoms with Gasteiger partial charge in [0.25, 0.3) is 0 Å². The monoisotopic (exact) mass is 238 g/mol. The van der Waals surface area contributed by atoms with Crippen LogP contribution in [0.3, 0.4) is 0 Å². The molecular formula is C14H19ClO. The molecule has 1 aliphatic carbocycles. The molecule has 0 spiro atoms. The summed E-state index contributed by atoms with van der Waals surface area (Å²) in [5, 5.41) is 0.309. The second-order valence-electron chi connectivity index (χ2n) is 4.74. The Balaban J connectivity index is 1.66. The molecular weight excluding hydrogens is 220 g/mol. The zero-order chi connectivity index (χ0) is 11.4. The largest absolute Gasteiger partial charge is 0.494 e. The van der Waals surface area contributed by atoms with E-state index in [1.54, 1.807) is 0 Å². The van der Waals surface area contributed by atoms with Gasteiger partial charge in [-0.25, -0.2) is 0 Å². The number of benzene rings is 1. The highest BCUT2D eigenvalue weighted by atomic mass is 35.5. The highest BCUT2D eigenvalue weighted by molar-refractivity contribution is 6.21. The molecule has 0 aromatic heterocycles. The standard InChI is InChI=1S/C14H19ClO/c1-12(15)14(9-10-14)8-5-11-16-13-6-3-2-4-7-13/h2-4,6-7,12H,5,8-11H2,1H3. The molecule has 0 bridgehead atoms. The van der Waals surface area contributed by atoms with Gasteiger partial charge in [-0.1, -0.05) is 18.2 Å². The number of halogens is 1. The molecule has 0 saturated heterocycles. The normalized spacial score (nSPS) is 19.1. The maximum atomic E-state index is 6.19. The van der Waals surface area contributed by atoms with E-state index in [-0.39, 0.29) is 0 Å². The number of ether oxygens (including phenoxy) is 1. The van der Waals surface area contributed by atoms with E-state index in [0.717, 1.165) is 18.8 Å². The fraction of sp³-hybridized carbons (Fsp3) is 0.571. The van der Waals surface area contributed by atoms with Crippen molar-refractivity contribution < 1.29 is 4.74 Å². The number of alkyl halides is 1. The van der Waals surface area contributed by atoms with Crippen LogP contribution < -0.4 is 4.74 Å². The molecule has 88 valence electrons. The summed E-state index contributed by atoms with van der Waals surface area (Å²) < 4.78 is 5.67. The van der Waals surface area contributed by atoms with E-state index in [9.17, 15) is 0 Å². The molecule has 2 heteroatoms. The third-order valence-corrected chi connectivity index (χ3v) is 4.03. The van der Waals surface area contributed by atoms with Crippen molar-refractivity contribution in [2.45, 2.75) is 38.0 Å². The molecule has 1 aromatic rings. The van der Waals surface area contributed by atoms with Crippen molar-refractivity contribution in [1.29, 1.82) is 0 Å². The molecule has 1 atom stereocenters. The van der Waals surface area contributed by atoms with E-state index >= 15 is 0 Å². The van der Waals surface area contributed by atoms with E-state index in [0.29, 0.717) is 10.8 Å². The molecule has 0 amide bonds. The quantitative estimate of drug-likeness (QED) is 0.532. The van der Waals surface area contributed by atoms with Gasteiger partial charge in [0.05, 0.1) is 6.61 Å². The predicted octanol–water partition coefficient (Wildman–Crippen LogP) is 4.25. The van der Waals surface area contributed by atoms with Gasteiger partial charge in [0.2, 0.25) is 0 Å². The van der Waals surface area contributed by atoms with Crippen LogP contribution in [0.1, 0.15) is 32.6 Å². The van der Waals surface area contributed by atoms with Crippen LogP contribution in [0.5, 0.6) is 5.75 Å². The third-order valence-electron chi connectivity index (χ3n) is 3.57. The molecule has 16 heavy (non-hydrogen) atoms. The molecule has 1 saturated carbocycles. The Morgan fingerprint density at radius 1 is 1.31 bits per heavy atom. The minimum Gasteiger partial charge on any atom is -0.494 e. The van der Waals surface area contributed by atoms with Gasteiger partial charge < -0.3 is 4.74 Å². The summed E-state index contributed by atoms with van der Waals surface area (Å²) in [6.07, 6.45) is 4.89. The van der Waals surface area contributed by atoms with Crippen LogP contribution in [0.4, 0.5) is 0 Å². The summed E-state index contributed by atoms with van der Waals surface area (Å²) in [6.45, 7) is 2.92. The lowest BCUT2D eigenvalue weighted by Gasteiger charge is -2.17. The Labute approximate surface area is 103 Å². The van der Waals surface area contributed by atoms with Crippen molar-refractivity contribution in [3.05, 3.63) is 30.3 Å². The van der Waals surface area contributed by atoms with Gasteiger partial charge in [0.1, 0.15) is 5.75 Å². The van der Waals surface area contributed by atoms with Gasteiger partial charge in [0, 0.05) is 5.38 Å². The summed E-state index contributed by atoms with van der Waals surface area (Å²) in [5.41, 5.74) is 0.432. The third kappa shape index (κ3) is 2.91. The molecule has 0 aliphatic heterocycles. The van der Waals surface area contributed by atoms with Gasteiger partial charge in [0.15, 0.2) is 0 Å². The molecule has 0 radical (unpaired) electrons. The average Bonchev–Trinajstić information content (AvgIpc) is 3.07. The van der Waals surface area contributed by atoms with E-state index in [2.05, 4.69) is 6.92 Å². The zero-order valence-corrected chi connectivity index (χ0v) is 10.5. The van der Waals surface area contributed by atoms with Crippen LogP contribution in [0.2, 0.25) is 0 Å². The van der Waals surface area contributed by atoms with Crippen molar-refractivity contribution in [2.24, 2.45) is 5.41 Å². The van der Waals surface area contributed by atoms with Crippen LogP contribution in [-0.4, -0.2) is 12.0 Å². The second-order valence-corrected chi connectivity index (χ2v) is 5.40. The van der Waals surface area contributed by atoms with Gasteiger partial charge in [-0.2, -0.15) is 0 Å². The Morgan fingerprint density at radius 3 is 2.56 bits per heavy atom. The lowest BCUT2D eigenvalue weighted by molar-refractivity contribution is 0.286. The van der Waals surface area contributed by atoms with Gasteiger partial charge in [-0.3, -0.25) is 0 Å². The highest BCUT2D eigenvalue weighted by Gasteiger charge is 2.45. The summed E-state index contributed by atoms with van der Waals surface area (Å²) in [6, 6.07) is 9.99. The lowest BCUT2D eigenvalue weighted by Crippen LogP contribution is -2.13. The SMILES string of the molecule is CC(Cl)C1(CCCOc2ccccc2)CC1. The highest BCUT2D eigenvalue weighted by Crippen LogP contribution is 2.54. The zero-order valence-electron chi connectivity index (χ0n) is 9.79. The minimum atomic E-state index is 0.309. The van der Waals surface area contributed by atoms with Crippen LogP contribution >= 0.6 is 11.6 Å². The molecule has 2 rings (SSSR count). The van der Waals surface area contributed by atoms with E-state index in [1.165, 1.54) is 19.3 Å². The van der Waals surface area contributed by atoms with Crippen LogP contribution in [0.15, 0.2) is 30.3 Å². The fourth-order valence-corrected chi connectivity index (χ4v) is 2.47. The maximum Gasteiger partial charge on any atom is 0.119 e. The molecule has 1 aliphatic rings. The van der Waals surface area contributed by atoms with Crippen molar-refractivity contribution in [1.82, 2.24) is 0 Å². The number of rotatable bonds is 6. The first-order valence-electron chi connectivity index (χ1n) is 6.05. The van der Waals surface area contributed by atoms with Crippen LogP contribution in [0, 0.1) is 5.41 Å². The second kappa shape index (κ2) is 5.09. The fourth-order valence-electron chi connectivity index (χ4n) is 2.14. The minimum absolute atomic E-state index is 0.309. The summed E-state index contributed by atoms with van der Waals surface area (Å²) in [5.74, 6) is 0.964. The number of hydrogen-bond donors (Lipinski definition) is 0. The first kappa shape index (κ1) is 11.8. The molecule has 0 heterocycles. The molecule has 1 aromatic carbocycles. The number of hydrogen-bond acceptors (Lipinski definition) is 1. The molecule has 1 fully saturated rings. The summed E-state index contributed by atoms with van der Waals surface area (Å²) >= 11 is 6.19. The Kier molecular flexibility index (Phi) is 3.75. The first-order chi connectivity index (χ1) is 7.73. The van der Waals surface area contributed by atoms with E-state index < -0.39 is 0 Å². The Hall–Kier alpha value is -0.690.